The lowest BCUT2D eigenvalue weighted by atomic mass is 9.79. The molecule has 1 atom stereocenters. The smallest absolute Gasteiger partial charge is 0.137 e. The Hall–Kier alpha value is -0.850. The Morgan fingerprint density at radius 3 is 2.80 bits per heavy atom. The van der Waals surface area contributed by atoms with Crippen LogP contribution in [-0.2, 0) is 4.79 Å². The van der Waals surface area contributed by atoms with E-state index < -0.39 is 0 Å². The molecule has 0 aromatic rings. The summed E-state index contributed by atoms with van der Waals surface area (Å²) in [5.74, 6) is 0.663. The molecule has 0 saturated carbocycles. The Bertz CT molecular complexity index is 284. The molecule has 0 fully saturated rings. The fourth-order valence-electron chi connectivity index (χ4n) is 1.92. The average Bonchev–Trinajstić information content (AvgIpc) is 2.18. The van der Waals surface area contributed by atoms with Crippen LogP contribution >= 0.6 is 0 Å². The molecule has 15 heavy (non-hydrogen) atoms. The molecule has 1 aliphatic rings. The zero-order chi connectivity index (χ0) is 11.5. The van der Waals surface area contributed by atoms with E-state index in [-0.39, 0.29) is 11.3 Å². The molecule has 0 aromatic heterocycles. The fraction of sp³-hybridized carbons (Fsp3) is 0.643. The normalized spacial score (nSPS) is 22.1. The Kier molecular flexibility index (Phi) is 3.90. The van der Waals surface area contributed by atoms with Gasteiger partial charge in [-0.3, -0.25) is 4.79 Å². The minimum absolute atomic E-state index is 0.0483. The van der Waals surface area contributed by atoms with Gasteiger partial charge in [-0.05, 0) is 31.6 Å². The summed E-state index contributed by atoms with van der Waals surface area (Å²) in [7, 11) is 0. The molecule has 1 nitrogen and oxygen atoms in total. The van der Waals surface area contributed by atoms with Crippen molar-refractivity contribution in [3.8, 4) is 0 Å². The van der Waals surface area contributed by atoms with Crippen molar-refractivity contribution in [1.82, 2.24) is 0 Å². The fourth-order valence-corrected chi connectivity index (χ4v) is 1.92. The molecule has 1 aliphatic carbocycles. The van der Waals surface area contributed by atoms with Crippen molar-refractivity contribution < 1.29 is 4.79 Å². The molecular formula is C14H22O. The van der Waals surface area contributed by atoms with E-state index in [2.05, 4.69) is 33.4 Å². The third-order valence-corrected chi connectivity index (χ3v) is 3.28. The molecule has 0 amide bonds. The van der Waals surface area contributed by atoms with E-state index in [1.165, 1.54) is 5.57 Å². The molecule has 0 aromatic carbocycles. The highest BCUT2D eigenvalue weighted by atomic mass is 16.1. The van der Waals surface area contributed by atoms with Gasteiger partial charge < -0.3 is 0 Å². The first-order valence-corrected chi connectivity index (χ1v) is 5.76. The molecule has 0 radical (unpaired) electrons. The standard InChI is InChI=1S/C14H22O/c1-5-14(3,4)10-13(15)12-8-6-11(2)7-9-12/h5-6,12H,1,7-10H2,2-4H3. The second-order valence-electron chi connectivity index (χ2n) is 5.36. The van der Waals surface area contributed by atoms with Crippen molar-refractivity contribution >= 4 is 5.78 Å². The summed E-state index contributed by atoms with van der Waals surface area (Å²) >= 11 is 0. The third kappa shape index (κ3) is 3.65. The molecule has 1 heteroatoms. The summed E-state index contributed by atoms with van der Waals surface area (Å²) < 4.78 is 0. The first kappa shape index (κ1) is 12.2. The lowest BCUT2D eigenvalue weighted by Crippen LogP contribution is -2.22. The third-order valence-electron chi connectivity index (χ3n) is 3.28. The Morgan fingerprint density at radius 1 is 1.67 bits per heavy atom. The van der Waals surface area contributed by atoms with Gasteiger partial charge in [-0.15, -0.1) is 6.58 Å². The molecule has 0 spiro atoms. The van der Waals surface area contributed by atoms with E-state index in [0.29, 0.717) is 12.2 Å². The van der Waals surface area contributed by atoms with E-state index in [4.69, 9.17) is 0 Å². The van der Waals surface area contributed by atoms with Gasteiger partial charge >= 0.3 is 0 Å². The Labute approximate surface area is 93.3 Å². The van der Waals surface area contributed by atoms with Gasteiger partial charge in [0.1, 0.15) is 5.78 Å². The van der Waals surface area contributed by atoms with E-state index in [0.717, 1.165) is 19.3 Å². The first-order chi connectivity index (χ1) is 6.94. The van der Waals surface area contributed by atoms with Crippen LogP contribution in [-0.4, -0.2) is 5.78 Å². The maximum Gasteiger partial charge on any atom is 0.137 e. The first-order valence-electron chi connectivity index (χ1n) is 5.76. The number of hydrogen-bond acceptors (Lipinski definition) is 1. The lowest BCUT2D eigenvalue weighted by molar-refractivity contribution is -0.124. The predicted octanol–water partition coefficient (Wildman–Crippen LogP) is 3.90. The van der Waals surface area contributed by atoms with Gasteiger partial charge in [0.05, 0.1) is 0 Å². The highest BCUT2D eigenvalue weighted by molar-refractivity contribution is 5.82. The monoisotopic (exact) mass is 206 g/mol. The van der Waals surface area contributed by atoms with Crippen molar-refractivity contribution in [2.45, 2.75) is 46.5 Å². The van der Waals surface area contributed by atoms with E-state index in [9.17, 15) is 4.79 Å². The molecule has 0 N–H and O–H groups in total. The van der Waals surface area contributed by atoms with E-state index in [1.54, 1.807) is 0 Å². The van der Waals surface area contributed by atoms with Gasteiger partial charge in [0.2, 0.25) is 0 Å². The summed E-state index contributed by atoms with van der Waals surface area (Å²) in [4.78, 5) is 12.0. The second-order valence-corrected chi connectivity index (χ2v) is 5.36. The van der Waals surface area contributed by atoms with Crippen LogP contribution in [0.5, 0.6) is 0 Å². The van der Waals surface area contributed by atoms with Crippen molar-refractivity contribution in [1.29, 1.82) is 0 Å². The summed E-state index contributed by atoms with van der Waals surface area (Å²) in [6.45, 7) is 10.1. The SMILES string of the molecule is C=CC(C)(C)CC(=O)C1CC=C(C)CC1. The van der Waals surface area contributed by atoms with Gasteiger partial charge in [0.15, 0.2) is 0 Å². The molecule has 0 bridgehead atoms. The number of hydrogen-bond donors (Lipinski definition) is 0. The molecule has 0 aliphatic heterocycles. The van der Waals surface area contributed by atoms with Crippen LogP contribution in [0.25, 0.3) is 0 Å². The highest BCUT2D eigenvalue weighted by Gasteiger charge is 2.25. The molecule has 0 heterocycles. The van der Waals surface area contributed by atoms with Crippen LogP contribution in [0.1, 0.15) is 46.5 Å². The predicted molar refractivity (Wildman–Crippen MR) is 64.7 cm³/mol. The molecule has 0 saturated heterocycles. The maximum absolute atomic E-state index is 12.0. The summed E-state index contributed by atoms with van der Waals surface area (Å²) in [5.41, 5.74) is 1.38. The number of rotatable bonds is 4. The Morgan fingerprint density at radius 2 is 2.33 bits per heavy atom. The van der Waals surface area contributed by atoms with Gasteiger partial charge in [0, 0.05) is 12.3 Å². The molecular weight excluding hydrogens is 184 g/mol. The van der Waals surface area contributed by atoms with Crippen molar-refractivity contribution in [2.75, 3.05) is 0 Å². The summed E-state index contributed by atoms with van der Waals surface area (Å²) in [6, 6.07) is 0. The van der Waals surface area contributed by atoms with Crippen LogP contribution in [0.3, 0.4) is 0 Å². The van der Waals surface area contributed by atoms with E-state index >= 15 is 0 Å². The topological polar surface area (TPSA) is 17.1 Å². The summed E-state index contributed by atoms with van der Waals surface area (Å²) in [6.07, 6.45) is 7.80. The van der Waals surface area contributed by atoms with Crippen LogP contribution in [0.4, 0.5) is 0 Å². The van der Waals surface area contributed by atoms with E-state index in [1.807, 2.05) is 6.08 Å². The van der Waals surface area contributed by atoms with Gasteiger partial charge in [-0.25, -0.2) is 0 Å². The average molecular weight is 206 g/mol. The largest absolute Gasteiger partial charge is 0.299 e. The quantitative estimate of drug-likeness (QED) is 0.637. The minimum atomic E-state index is -0.0483. The van der Waals surface area contributed by atoms with Gasteiger partial charge in [0.25, 0.3) is 0 Å². The lowest BCUT2D eigenvalue weighted by Gasteiger charge is -2.24. The van der Waals surface area contributed by atoms with Crippen LogP contribution in [0.2, 0.25) is 0 Å². The van der Waals surface area contributed by atoms with Crippen LogP contribution < -0.4 is 0 Å². The number of ketones is 1. The van der Waals surface area contributed by atoms with Gasteiger partial charge in [-0.2, -0.15) is 0 Å². The number of allylic oxidation sites excluding steroid dienone is 3. The van der Waals surface area contributed by atoms with Crippen molar-refractivity contribution in [2.24, 2.45) is 11.3 Å². The molecule has 1 unspecified atom stereocenters. The van der Waals surface area contributed by atoms with Crippen molar-refractivity contribution in [3.05, 3.63) is 24.3 Å². The maximum atomic E-state index is 12.0. The second kappa shape index (κ2) is 4.78. The van der Waals surface area contributed by atoms with Crippen molar-refractivity contribution in [3.63, 3.8) is 0 Å². The van der Waals surface area contributed by atoms with Crippen LogP contribution in [0.15, 0.2) is 24.3 Å². The molecule has 84 valence electrons. The zero-order valence-electron chi connectivity index (χ0n) is 10.2. The highest BCUT2D eigenvalue weighted by Crippen LogP contribution is 2.29. The molecule has 1 rings (SSSR count). The number of Topliss-reactive ketones (excluding diaryl/α,β-unsaturated/α-hetero) is 1. The zero-order valence-corrected chi connectivity index (χ0v) is 10.2. The summed E-state index contributed by atoms with van der Waals surface area (Å²) in [5, 5.41) is 0. The van der Waals surface area contributed by atoms with Crippen LogP contribution in [0, 0.1) is 11.3 Å². The Balaban J connectivity index is 2.52. The number of carbonyl (C=O) groups is 1. The van der Waals surface area contributed by atoms with Gasteiger partial charge in [-0.1, -0.05) is 31.6 Å². The minimum Gasteiger partial charge on any atom is -0.299 e. The number of carbonyl (C=O) groups excluding carboxylic acids is 1.